The van der Waals surface area contributed by atoms with Gasteiger partial charge in [-0.3, -0.25) is 9.59 Å². The molecule has 0 fully saturated rings. The van der Waals surface area contributed by atoms with Gasteiger partial charge in [-0.05, 0) is 30.3 Å². The lowest BCUT2D eigenvalue weighted by atomic mass is 10.1. The Labute approximate surface area is 155 Å². The number of hydrogen-bond acceptors (Lipinski definition) is 6. The number of aromatic nitrogens is 1. The first-order chi connectivity index (χ1) is 12.9. The first kappa shape index (κ1) is 16.9. The highest BCUT2D eigenvalue weighted by molar-refractivity contribution is 7.17. The zero-order valence-electron chi connectivity index (χ0n) is 13.6. The first-order valence-corrected chi connectivity index (χ1v) is 8.54. The highest BCUT2D eigenvalue weighted by Gasteiger charge is 2.25. The molecule has 1 aliphatic rings. The van der Waals surface area contributed by atoms with E-state index < -0.39 is 23.5 Å². The van der Waals surface area contributed by atoms with Gasteiger partial charge in [0, 0.05) is 5.22 Å². The maximum atomic E-state index is 13.6. The fraction of sp³-hybridized carbons (Fsp3) is 0. The Morgan fingerprint density at radius 1 is 1.22 bits per heavy atom. The molecule has 2 heterocycles. The molecule has 0 saturated carbocycles. The molecule has 27 heavy (non-hydrogen) atoms. The molecule has 7 nitrogen and oxygen atoms in total. The summed E-state index contributed by atoms with van der Waals surface area (Å²) in [5.41, 5.74) is 6.08. The second-order valence-corrected chi connectivity index (χ2v) is 6.66. The highest BCUT2D eigenvalue weighted by atomic mass is 32.1. The van der Waals surface area contributed by atoms with Gasteiger partial charge in [-0.25, -0.2) is 9.38 Å². The molecule has 2 amide bonds. The van der Waals surface area contributed by atoms with Crippen LogP contribution in [0.4, 0.5) is 15.2 Å². The van der Waals surface area contributed by atoms with Crippen molar-refractivity contribution >= 4 is 39.5 Å². The molecule has 3 aromatic rings. The SMILES string of the molecule is NC(=O)c1ccccc1Nc1nc(O)c(C2=c3cc(F)ccc3=NC2=O)s1. The van der Waals surface area contributed by atoms with Crippen molar-refractivity contribution in [3.8, 4) is 5.88 Å². The van der Waals surface area contributed by atoms with Gasteiger partial charge in [0.15, 0.2) is 5.13 Å². The van der Waals surface area contributed by atoms with Crippen molar-refractivity contribution in [1.82, 2.24) is 4.98 Å². The monoisotopic (exact) mass is 382 g/mol. The largest absolute Gasteiger partial charge is 0.492 e. The Bertz CT molecular complexity index is 1240. The average Bonchev–Trinajstić information content (AvgIpc) is 3.13. The number of anilines is 2. The molecule has 4 N–H and O–H groups in total. The Balaban J connectivity index is 1.80. The van der Waals surface area contributed by atoms with Crippen LogP contribution >= 0.6 is 11.3 Å². The molecule has 0 aliphatic carbocycles. The summed E-state index contributed by atoms with van der Waals surface area (Å²) in [6, 6.07) is 10.3. The number of thiazole rings is 1. The van der Waals surface area contributed by atoms with Gasteiger partial charge < -0.3 is 16.2 Å². The predicted molar refractivity (Wildman–Crippen MR) is 96.7 cm³/mol. The van der Waals surface area contributed by atoms with Crippen molar-refractivity contribution in [1.29, 1.82) is 0 Å². The third kappa shape index (κ3) is 2.93. The van der Waals surface area contributed by atoms with E-state index in [0.29, 0.717) is 16.3 Å². The molecule has 4 rings (SSSR count). The number of nitrogens with zero attached hydrogens (tertiary/aromatic N) is 2. The fourth-order valence-electron chi connectivity index (χ4n) is 2.76. The average molecular weight is 382 g/mol. The van der Waals surface area contributed by atoms with Crippen LogP contribution in [0.2, 0.25) is 0 Å². The van der Waals surface area contributed by atoms with Gasteiger partial charge in [-0.15, -0.1) is 0 Å². The minimum atomic E-state index is -0.623. The fourth-order valence-corrected chi connectivity index (χ4v) is 3.68. The lowest BCUT2D eigenvalue weighted by Gasteiger charge is -2.06. The molecule has 9 heteroatoms. The number of amides is 2. The molecule has 2 aromatic carbocycles. The van der Waals surface area contributed by atoms with E-state index in [1.54, 1.807) is 24.3 Å². The van der Waals surface area contributed by atoms with Gasteiger partial charge in [0.25, 0.3) is 11.8 Å². The molecule has 1 aromatic heterocycles. The number of para-hydroxylation sites is 1. The van der Waals surface area contributed by atoms with E-state index in [2.05, 4.69) is 15.3 Å². The van der Waals surface area contributed by atoms with Crippen molar-refractivity contribution in [2.45, 2.75) is 0 Å². The number of nitrogens with one attached hydrogen (secondary N) is 1. The molecule has 134 valence electrons. The number of nitrogens with two attached hydrogens (primary N) is 1. The first-order valence-electron chi connectivity index (χ1n) is 7.73. The van der Waals surface area contributed by atoms with Gasteiger partial charge in [0.1, 0.15) is 10.7 Å². The molecule has 0 saturated heterocycles. The second-order valence-electron chi connectivity index (χ2n) is 5.66. The number of hydrogen-bond donors (Lipinski definition) is 3. The highest BCUT2D eigenvalue weighted by Crippen LogP contribution is 2.35. The number of carbonyl (C=O) groups is 2. The lowest BCUT2D eigenvalue weighted by molar-refractivity contribution is -0.112. The van der Waals surface area contributed by atoms with E-state index in [0.717, 1.165) is 11.3 Å². The summed E-state index contributed by atoms with van der Waals surface area (Å²) in [5, 5.41) is 14.0. The Morgan fingerprint density at radius 3 is 2.78 bits per heavy atom. The summed E-state index contributed by atoms with van der Waals surface area (Å²) in [4.78, 5) is 31.8. The Morgan fingerprint density at radius 2 is 2.00 bits per heavy atom. The van der Waals surface area contributed by atoms with Crippen molar-refractivity contribution in [2.75, 3.05) is 5.32 Å². The quantitative estimate of drug-likeness (QED) is 0.626. The number of aromatic hydroxyl groups is 1. The van der Waals surface area contributed by atoms with Gasteiger partial charge in [0.2, 0.25) is 5.88 Å². The summed E-state index contributed by atoms with van der Waals surface area (Å²) >= 11 is 0.981. The number of rotatable bonds is 4. The number of carbonyl (C=O) groups excluding carboxylic acids is 2. The van der Waals surface area contributed by atoms with Crippen LogP contribution in [0.5, 0.6) is 5.88 Å². The van der Waals surface area contributed by atoms with Crippen LogP contribution in [0.3, 0.4) is 0 Å². The van der Waals surface area contributed by atoms with Crippen molar-refractivity contribution in [3.63, 3.8) is 0 Å². The normalized spacial score (nSPS) is 12.6. The molecule has 0 atom stereocenters. The van der Waals surface area contributed by atoms with Crippen molar-refractivity contribution in [3.05, 3.63) is 69.3 Å². The third-order valence-corrected chi connectivity index (χ3v) is 4.91. The van der Waals surface area contributed by atoms with Crippen LogP contribution < -0.4 is 21.6 Å². The molecule has 0 bridgehead atoms. The minimum Gasteiger partial charge on any atom is -0.492 e. The molecule has 1 aliphatic heterocycles. The topological polar surface area (TPSA) is 118 Å². The zero-order valence-corrected chi connectivity index (χ0v) is 14.4. The van der Waals surface area contributed by atoms with Gasteiger partial charge in [0.05, 0.1) is 22.2 Å². The summed E-state index contributed by atoms with van der Waals surface area (Å²) < 4.78 is 13.6. The zero-order chi connectivity index (χ0) is 19.1. The lowest BCUT2D eigenvalue weighted by Crippen LogP contribution is -2.23. The second kappa shape index (κ2) is 6.29. The summed E-state index contributed by atoms with van der Waals surface area (Å²) in [6.45, 7) is 0. The number of benzene rings is 2. The van der Waals surface area contributed by atoms with Crippen molar-refractivity contribution in [2.24, 2.45) is 10.7 Å². The van der Waals surface area contributed by atoms with E-state index in [1.807, 2.05) is 0 Å². The molecule has 0 unspecified atom stereocenters. The maximum Gasteiger partial charge on any atom is 0.279 e. The summed E-state index contributed by atoms with van der Waals surface area (Å²) in [5.74, 6) is -2.12. The van der Waals surface area contributed by atoms with Gasteiger partial charge in [-0.1, -0.05) is 23.5 Å². The van der Waals surface area contributed by atoms with Crippen LogP contribution in [-0.2, 0) is 4.79 Å². The minimum absolute atomic E-state index is 0.0794. The van der Waals surface area contributed by atoms with Gasteiger partial charge in [-0.2, -0.15) is 4.98 Å². The number of halogens is 1. The van der Waals surface area contributed by atoms with E-state index in [1.165, 1.54) is 18.2 Å². The standard InChI is InChI=1S/C18H11FN4O3S/c19-8-5-6-12-10(7-8)13(16(25)21-12)14-17(26)23-18(27-14)22-11-4-2-1-3-9(11)15(20)24/h1-7,26H,(H2,20,24)(H,22,23). The maximum absolute atomic E-state index is 13.6. The number of primary amides is 1. The van der Waals surface area contributed by atoms with Gasteiger partial charge >= 0.3 is 0 Å². The molecule has 0 spiro atoms. The van der Waals surface area contributed by atoms with Crippen molar-refractivity contribution < 1.29 is 19.1 Å². The van der Waals surface area contributed by atoms with E-state index in [4.69, 9.17) is 5.73 Å². The van der Waals surface area contributed by atoms with E-state index in [-0.39, 0.29) is 21.1 Å². The van der Waals surface area contributed by atoms with E-state index >= 15 is 0 Å². The van der Waals surface area contributed by atoms with Crippen LogP contribution in [-0.4, -0.2) is 21.9 Å². The number of fused-ring (bicyclic) bond motifs is 1. The molecular formula is C18H11FN4O3S. The third-order valence-electron chi connectivity index (χ3n) is 3.93. The summed E-state index contributed by atoms with van der Waals surface area (Å²) in [7, 11) is 0. The summed E-state index contributed by atoms with van der Waals surface area (Å²) in [6.07, 6.45) is 0. The van der Waals surface area contributed by atoms with E-state index in [9.17, 15) is 19.1 Å². The van der Waals surface area contributed by atoms with Crippen LogP contribution in [0.1, 0.15) is 15.2 Å². The van der Waals surface area contributed by atoms with Crippen LogP contribution in [0.25, 0.3) is 5.57 Å². The van der Waals surface area contributed by atoms with Crippen LogP contribution in [0, 0.1) is 5.82 Å². The smallest absolute Gasteiger partial charge is 0.279 e. The molecule has 0 radical (unpaired) electrons. The predicted octanol–water partition coefficient (Wildman–Crippen LogP) is 1.19. The Kier molecular flexibility index (Phi) is 3.93. The molecular weight excluding hydrogens is 371 g/mol. The van der Waals surface area contributed by atoms with Crippen LogP contribution in [0.15, 0.2) is 47.5 Å². The Hall–Kier alpha value is -3.59.